The lowest BCUT2D eigenvalue weighted by molar-refractivity contribution is -0.138. The van der Waals surface area contributed by atoms with Gasteiger partial charge in [-0.05, 0) is 12.5 Å². The molecule has 0 aliphatic carbocycles. The van der Waals surface area contributed by atoms with Crippen molar-refractivity contribution in [2.75, 3.05) is 26.1 Å². The van der Waals surface area contributed by atoms with Crippen molar-refractivity contribution in [2.45, 2.75) is 24.7 Å². The first-order valence-electron chi connectivity index (χ1n) is 6.04. The number of aromatic nitrogens is 1. The molecule has 1 fully saturated rings. The molecular formula is C12H15F3N2O3. The van der Waals surface area contributed by atoms with E-state index >= 15 is 0 Å². The van der Waals surface area contributed by atoms with Crippen LogP contribution in [0.4, 0.5) is 18.9 Å². The van der Waals surface area contributed by atoms with Crippen molar-refractivity contribution in [1.82, 2.24) is 4.57 Å². The van der Waals surface area contributed by atoms with Gasteiger partial charge in [0.05, 0.1) is 30.0 Å². The van der Waals surface area contributed by atoms with Gasteiger partial charge in [0.25, 0.3) is 5.56 Å². The molecule has 0 spiro atoms. The molecule has 2 N–H and O–H groups in total. The van der Waals surface area contributed by atoms with E-state index in [1.807, 2.05) is 0 Å². The highest BCUT2D eigenvalue weighted by Crippen LogP contribution is 2.31. The van der Waals surface area contributed by atoms with Crippen LogP contribution in [0.3, 0.4) is 0 Å². The number of nitrogens with zero attached hydrogens (tertiary/aromatic N) is 1. The van der Waals surface area contributed by atoms with Gasteiger partial charge in [-0.3, -0.25) is 4.79 Å². The van der Waals surface area contributed by atoms with Crippen molar-refractivity contribution in [3.05, 3.63) is 28.2 Å². The van der Waals surface area contributed by atoms with Gasteiger partial charge < -0.3 is 19.8 Å². The maximum Gasteiger partial charge on any atom is 0.417 e. The number of halogens is 3. The topological polar surface area (TPSA) is 66.5 Å². The van der Waals surface area contributed by atoms with Crippen molar-refractivity contribution in [3.63, 3.8) is 0 Å². The smallest absolute Gasteiger partial charge is 0.394 e. The van der Waals surface area contributed by atoms with E-state index in [1.54, 1.807) is 0 Å². The maximum absolute atomic E-state index is 12.8. The number of nitrogen functional groups attached to an aromatic ring is 1. The molecule has 0 radical (unpaired) electrons. The molecule has 20 heavy (non-hydrogen) atoms. The van der Waals surface area contributed by atoms with Gasteiger partial charge >= 0.3 is 6.18 Å². The Hall–Kier alpha value is -1.54. The van der Waals surface area contributed by atoms with Crippen molar-refractivity contribution in [3.8, 4) is 0 Å². The number of anilines is 1. The number of hydrogen-bond donors (Lipinski definition) is 1. The predicted octanol–water partition coefficient (Wildman–Crippen LogP) is 1.43. The lowest BCUT2D eigenvalue weighted by Crippen LogP contribution is -2.41. The van der Waals surface area contributed by atoms with E-state index in [1.165, 1.54) is 7.11 Å². The summed E-state index contributed by atoms with van der Waals surface area (Å²) >= 11 is 0. The van der Waals surface area contributed by atoms with Crippen LogP contribution < -0.4 is 11.3 Å². The fraction of sp³-hybridized carbons (Fsp3) is 0.583. The zero-order chi connectivity index (χ0) is 14.9. The summed E-state index contributed by atoms with van der Waals surface area (Å²) in [6.45, 7) is 0.553. The Morgan fingerprint density at radius 2 is 2.20 bits per heavy atom. The Bertz CT molecular complexity index is 542. The van der Waals surface area contributed by atoms with Crippen molar-refractivity contribution < 1.29 is 22.6 Å². The molecule has 5 nitrogen and oxygen atoms in total. The van der Waals surface area contributed by atoms with E-state index in [2.05, 4.69) is 0 Å². The molecule has 0 aromatic carbocycles. The first-order valence-corrected chi connectivity index (χ1v) is 6.04. The Kier molecular flexibility index (Phi) is 4.05. The number of alkyl halides is 3. The lowest BCUT2D eigenvalue weighted by Gasteiger charge is -2.32. The van der Waals surface area contributed by atoms with Crippen LogP contribution in [0.15, 0.2) is 17.1 Å². The number of rotatable bonds is 2. The molecule has 1 aliphatic rings. The second-order valence-electron chi connectivity index (χ2n) is 4.60. The molecule has 2 atom stereocenters. The van der Waals surface area contributed by atoms with E-state index in [0.717, 1.165) is 10.8 Å². The average Bonchev–Trinajstić information content (AvgIpc) is 2.40. The van der Waals surface area contributed by atoms with Gasteiger partial charge in [0.2, 0.25) is 0 Å². The summed E-state index contributed by atoms with van der Waals surface area (Å²) in [7, 11) is 1.45. The first kappa shape index (κ1) is 14.9. The van der Waals surface area contributed by atoms with Crippen LogP contribution in [0.1, 0.15) is 18.0 Å². The molecule has 1 aromatic heterocycles. The number of ether oxygens (including phenoxy) is 2. The van der Waals surface area contributed by atoms with Gasteiger partial charge in [-0.1, -0.05) is 0 Å². The van der Waals surface area contributed by atoms with Crippen LogP contribution in [-0.4, -0.2) is 31.0 Å². The molecule has 1 aromatic rings. The molecule has 0 bridgehead atoms. The summed E-state index contributed by atoms with van der Waals surface area (Å²) < 4.78 is 49.8. The Labute approximate surface area is 113 Å². The second-order valence-corrected chi connectivity index (χ2v) is 4.60. The van der Waals surface area contributed by atoms with Crippen molar-refractivity contribution in [2.24, 2.45) is 0 Å². The highest BCUT2D eigenvalue weighted by molar-refractivity contribution is 5.39. The molecule has 0 unspecified atom stereocenters. The summed E-state index contributed by atoms with van der Waals surface area (Å²) in [6.07, 6.45) is -3.68. The van der Waals surface area contributed by atoms with Gasteiger partial charge in [0.15, 0.2) is 0 Å². The van der Waals surface area contributed by atoms with E-state index in [4.69, 9.17) is 15.2 Å². The monoisotopic (exact) mass is 292 g/mol. The molecule has 0 saturated carbocycles. The maximum atomic E-state index is 12.8. The predicted molar refractivity (Wildman–Crippen MR) is 65.4 cm³/mol. The van der Waals surface area contributed by atoms with Gasteiger partial charge in [-0.25, -0.2) is 0 Å². The van der Waals surface area contributed by atoms with Gasteiger partial charge in [-0.15, -0.1) is 0 Å². The Balaban J connectivity index is 2.49. The summed E-state index contributed by atoms with van der Waals surface area (Å²) in [6, 6.07) is 0.0236. The minimum absolute atomic E-state index is 0.110. The van der Waals surface area contributed by atoms with E-state index in [9.17, 15) is 18.0 Å². The number of pyridine rings is 1. The third-order valence-electron chi connectivity index (χ3n) is 3.32. The summed E-state index contributed by atoms with van der Waals surface area (Å²) in [5.41, 5.74) is 3.32. The lowest BCUT2D eigenvalue weighted by atomic mass is 10.1. The molecule has 0 amide bonds. The van der Waals surface area contributed by atoms with Crippen molar-refractivity contribution >= 4 is 5.69 Å². The van der Waals surface area contributed by atoms with Crippen LogP contribution in [-0.2, 0) is 15.7 Å². The normalized spacial score (nSPS) is 23.8. The van der Waals surface area contributed by atoms with Crippen molar-refractivity contribution in [1.29, 1.82) is 0 Å². The Morgan fingerprint density at radius 3 is 2.80 bits per heavy atom. The standard InChI is InChI=1S/C12H15F3N2O3/c1-19-10-2-3-20-6-9(10)17-5-7(12(13,14)15)4-8(16)11(17)18/h4-5,9-10H,2-3,6,16H2,1H3/t9-,10+/m0/s1. The summed E-state index contributed by atoms with van der Waals surface area (Å²) in [5.74, 6) is 0. The molecule has 1 saturated heterocycles. The first-order chi connectivity index (χ1) is 9.34. The highest BCUT2D eigenvalue weighted by Gasteiger charge is 2.34. The van der Waals surface area contributed by atoms with Crippen LogP contribution in [0, 0.1) is 0 Å². The molecular weight excluding hydrogens is 277 g/mol. The Morgan fingerprint density at radius 1 is 1.50 bits per heavy atom. The fourth-order valence-corrected chi connectivity index (χ4v) is 2.26. The minimum atomic E-state index is -4.57. The van der Waals surface area contributed by atoms with Crippen LogP contribution >= 0.6 is 0 Å². The third-order valence-corrected chi connectivity index (χ3v) is 3.32. The van der Waals surface area contributed by atoms with Crippen LogP contribution in [0.25, 0.3) is 0 Å². The van der Waals surface area contributed by atoms with E-state index in [-0.39, 0.29) is 12.7 Å². The zero-order valence-electron chi connectivity index (χ0n) is 10.8. The fourth-order valence-electron chi connectivity index (χ4n) is 2.26. The molecule has 2 heterocycles. The highest BCUT2D eigenvalue weighted by atomic mass is 19.4. The molecule has 2 rings (SSSR count). The summed E-state index contributed by atoms with van der Waals surface area (Å²) in [5, 5.41) is 0. The minimum Gasteiger partial charge on any atom is -0.394 e. The van der Waals surface area contributed by atoms with Gasteiger partial charge in [0.1, 0.15) is 0 Å². The SMILES string of the molecule is CO[C@@H]1CCOC[C@@H]1n1cc(C(F)(F)F)cc(N)c1=O. The molecule has 112 valence electrons. The van der Waals surface area contributed by atoms with E-state index in [0.29, 0.717) is 19.1 Å². The average molecular weight is 292 g/mol. The van der Waals surface area contributed by atoms with Gasteiger partial charge in [0, 0.05) is 19.9 Å². The molecule has 8 heteroatoms. The van der Waals surface area contributed by atoms with E-state index < -0.39 is 29.0 Å². The number of nitrogens with two attached hydrogens (primary N) is 1. The third kappa shape index (κ3) is 2.80. The van der Waals surface area contributed by atoms with Crippen LogP contribution in [0.5, 0.6) is 0 Å². The molecule has 1 aliphatic heterocycles. The largest absolute Gasteiger partial charge is 0.417 e. The van der Waals surface area contributed by atoms with Crippen LogP contribution in [0.2, 0.25) is 0 Å². The second kappa shape index (κ2) is 5.45. The zero-order valence-corrected chi connectivity index (χ0v) is 10.8. The number of hydrogen-bond acceptors (Lipinski definition) is 4. The quantitative estimate of drug-likeness (QED) is 0.895. The summed E-state index contributed by atoms with van der Waals surface area (Å²) in [4.78, 5) is 12.0. The number of methoxy groups -OCH3 is 1. The van der Waals surface area contributed by atoms with Gasteiger partial charge in [-0.2, -0.15) is 13.2 Å².